The summed E-state index contributed by atoms with van der Waals surface area (Å²) in [5.74, 6) is -0.131. The second kappa shape index (κ2) is 8.74. The van der Waals surface area contributed by atoms with Crippen LogP contribution in [0.3, 0.4) is 0 Å². The van der Waals surface area contributed by atoms with E-state index >= 15 is 0 Å². The van der Waals surface area contributed by atoms with Crippen LogP contribution in [-0.4, -0.2) is 79.7 Å². The highest BCUT2D eigenvalue weighted by Crippen LogP contribution is 2.28. The molecule has 1 fully saturated rings. The van der Waals surface area contributed by atoms with Gasteiger partial charge in [0.1, 0.15) is 6.10 Å². The van der Waals surface area contributed by atoms with Crippen molar-refractivity contribution >= 4 is 27.0 Å². The maximum absolute atomic E-state index is 12.9. The van der Waals surface area contributed by atoms with Crippen LogP contribution in [0.4, 0.5) is 0 Å². The summed E-state index contributed by atoms with van der Waals surface area (Å²) in [5, 5.41) is 0.762. The first-order valence-electron chi connectivity index (χ1n) is 9.77. The van der Waals surface area contributed by atoms with Gasteiger partial charge in [-0.25, -0.2) is 4.98 Å². The van der Waals surface area contributed by atoms with Crippen LogP contribution < -0.4 is 0 Å². The highest BCUT2D eigenvalue weighted by atomic mass is 32.2. The van der Waals surface area contributed by atoms with Crippen molar-refractivity contribution in [1.29, 1.82) is 0 Å². The van der Waals surface area contributed by atoms with Crippen molar-refractivity contribution in [3.05, 3.63) is 41.6 Å². The van der Waals surface area contributed by atoms with Crippen LogP contribution in [-0.2, 0) is 14.9 Å². The quantitative estimate of drug-likeness (QED) is 0.713. The summed E-state index contributed by atoms with van der Waals surface area (Å²) >= 11 is 0. The first-order valence-corrected chi connectivity index (χ1v) is 11.2. The van der Waals surface area contributed by atoms with Crippen LogP contribution in [0.5, 0.6) is 0 Å². The Bertz CT molecular complexity index is 989. The predicted molar refractivity (Wildman–Crippen MR) is 112 cm³/mol. The van der Waals surface area contributed by atoms with Crippen molar-refractivity contribution in [2.45, 2.75) is 20.0 Å². The summed E-state index contributed by atoms with van der Waals surface area (Å²) in [6.45, 7) is 5.21. The van der Waals surface area contributed by atoms with Gasteiger partial charge in [0, 0.05) is 45.7 Å². The zero-order chi connectivity index (χ0) is 21.2. The maximum atomic E-state index is 12.9. The lowest BCUT2D eigenvalue weighted by molar-refractivity contribution is -0.00645. The molecular weight excluding hydrogens is 392 g/mol. The van der Waals surface area contributed by atoms with E-state index in [1.54, 1.807) is 20.2 Å². The molecule has 3 rings (SSSR count). The van der Waals surface area contributed by atoms with Gasteiger partial charge in [-0.05, 0) is 12.1 Å². The molecule has 158 valence electrons. The van der Waals surface area contributed by atoms with Gasteiger partial charge in [-0.3, -0.25) is 4.79 Å². The molecular formula is C20H28N4O4S. The van der Waals surface area contributed by atoms with E-state index in [1.165, 1.54) is 13.5 Å². The molecule has 0 N–H and O–H groups in total. The van der Waals surface area contributed by atoms with E-state index in [2.05, 4.69) is 4.98 Å². The van der Waals surface area contributed by atoms with Crippen molar-refractivity contribution in [2.75, 3.05) is 46.9 Å². The summed E-state index contributed by atoms with van der Waals surface area (Å²) in [6.07, 6.45) is -0.535. The van der Waals surface area contributed by atoms with Gasteiger partial charge >= 0.3 is 0 Å². The summed E-state index contributed by atoms with van der Waals surface area (Å²) in [7, 11) is -0.162. The molecule has 1 atom stereocenters. The predicted octanol–water partition coefficient (Wildman–Crippen LogP) is 1.90. The highest BCUT2D eigenvalue weighted by Gasteiger charge is 2.34. The molecule has 0 saturated carbocycles. The Labute approximate surface area is 172 Å². The van der Waals surface area contributed by atoms with Gasteiger partial charge in [0.2, 0.25) is 0 Å². The standard InChI is InChI=1S/C20H28N4O4S/c1-5-23(6-2)29(26,27)24-11-12-28-19(14-24)18-13-16(20(25)22(3)4)15-9-7-8-10-17(15)21-18/h7-10,13,19H,5-6,11-12,14H2,1-4H3. The topological polar surface area (TPSA) is 83.1 Å². The molecule has 0 bridgehead atoms. The van der Waals surface area contributed by atoms with E-state index in [0.29, 0.717) is 36.4 Å². The molecule has 0 radical (unpaired) electrons. The third-order valence-electron chi connectivity index (χ3n) is 5.09. The van der Waals surface area contributed by atoms with Crippen LogP contribution in [0, 0.1) is 0 Å². The van der Waals surface area contributed by atoms with Crippen LogP contribution in [0.25, 0.3) is 10.9 Å². The third kappa shape index (κ3) is 4.28. The number of rotatable bonds is 6. The van der Waals surface area contributed by atoms with Crippen LogP contribution >= 0.6 is 0 Å². The number of nitrogens with zero attached hydrogens (tertiary/aromatic N) is 4. The van der Waals surface area contributed by atoms with Crippen LogP contribution in [0.2, 0.25) is 0 Å². The number of amides is 1. The fraction of sp³-hybridized carbons (Fsp3) is 0.500. The Hall–Kier alpha value is -2.07. The van der Waals surface area contributed by atoms with Crippen molar-refractivity contribution < 1.29 is 17.9 Å². The summed E-state index contributed by atoms with van der Waals surface area (Å²) in [4.78, 5) is 18.9. The number of morpholine rings is 1. The van der Waals surface area contributed by atoms with Gasteiger partial charge in [-0.1, -0.05) is 32.0 Å². The first-order chi connectivity index (χ1) is 13.8. The molecule has 8 nitrogen and oxygen atoms in total. The number of benzene rings is 1. The lowest BCUT2D eigenvalue weighted by atomic mass is 10.0. The molecule has 1 unspecified atom stereocenters. The van der Waals surface area contributed by atoms with Crippen molar-refractivity contribution in [3.63, 3.8) is 0 Å². The highest BCUT2D eigenvalue weighted by molar-refractivity contribution is 7.86. The monoisotopic (exact) mass is 420 g/mol. The second-order valence-electron chi connectivity index (χ2n) is 7.12. The molecule has 0 spiro atoms. The number of fused-ring (bicyclic) bond motifs is 1. The van der Waals surface area contributed by atoms with Gasteiger partial charge in [0.25, 0.3) is 16.1 Å². The largest absolute Gasteiger partial charge is 0.369 e. The zero-order valence-corrected chi connectivity index (χ0v) is 18.1. The fourth-order valence-electron chi connectivity index (χ4n) is 3.51. The molecule has 1 saturated heterocycles. The lowest BCUT2D eigenvalue weighted by Gasteiger charge is -2.35. The number of hydrogen-bond donors (Lipinski definition) is 0. The first kappa shape index (κ1) is 21.6. The number of aromatic nitrogens is 1. The molecule has 1 aromatic heterocycles. The number of hydrogen-bond acceptors (Lipinski definition) is 5. The number of para-hydroxylation sites is 1. The summed E-state index contributed by atoms with van der Waals surface area (Å²) in [5.41, 5.74) is 1.78. The van der Waals surface area contributed by atoms with Crippen molar-refractivity contribution in [2.24, 2.45) is 0 Å². The Morgan fingerprint density at radius 1 is 1.24 bits per heavy atom. The summed E-state index contributed by atoms with van der Waals surface area (Å²) < 4.78 is 34.6. The summed E-state index contributed by atoms with van der Waals surface area (Å²) in [6, 6.07) is 9.16. The zero-order valence-electron chi connectivity index (χ0n) is 17.3. The Morgan fingerprint density at radius 2 is 1.93 bits per heavy atom. The van der Waals surface area contributed by atoms with Gasteiger partial charge in [0.05, 0.1) is 23.4 Å². The van der Waals surface area contributed by atoms with Gasteiger partial charge < -0.3 is 9.64 Å². The van der Waals surface area contributed by atoms with Crippen molar-refractivity contribution in [3.8, 4) is 0 Å². The minimum Gasteiger partial charge on any atom is -0.369 e. The number of carbonyl (C=O) groups excluding carboxylic acids is 1. The average Bonchev–Trinajstić information content (AvgIpc) is 2.73. The lowest BCUT2D eigenvalue weighted by Crippen LogP contribution is -2.49. The number of ether oxygens (including phenoxy) is 1. The molecule has 1 aliphatic heterocycles. The molecule has 2 heterocycles. The average molecular weight is 421 g/mol. The number of carbonyl (C=O) groups is 1. The maximum Gasteiger partial charge on any atom is 0.282 e. The van der Waals surface area contributed by atoms with E-state index in [0.717, 1.165) is 5.39 Å². The molecule has 29 heavy (non-hydrogen) atoms. The fourth-order valence-corrected chi connectivity index (χ4v) is 5.11. The minimum atomic E-state index is -3.56. The van der Waals surface area contributed by atoms with E-state index in [-0.39, 0.29) is 19.1 Å². The Kier molecular flexibility index (Phi) is 6.52. The molecule has 1 amide bonds. The van der Waals surface area contributed by atoms with Crippen LogP contribution in [0.1, 0.15) is 36.0 Å². The Balaban J connectivity index is 1.99. The second-order valence-corrected chi connectivity index (χ2v) is 9.05. The van der Waals surface area contributed by atoms with E-state index in [1.807, 2.05) is 38.1 Å². The molecule has 1 aromatic carbocycles. The third-order valence-corrected chi connectivity index (χ3v) is 7.24. The van der Waals surface area contributed by atoms with E-state index < -0.39 is 16.3 Å². The smallest absolute Gasteiger partial charge is 0.282 e. The normalized spacial score (nSPS) is 18.3. The minimum absolute atomic E-state index is 0.131. The molecule has 1 aliphatic rings. The number of pyridine rings is 1. The molecule has 9 heteroatoms. The van der Waals surface area contributed by atoms with Gasteiger partial charge in [0.15, 0.2) is 0 Å². The van der Waals surface area contributed by atoms with Crippen molar-refractivity contribution in [1.82, 2.24) is 18.5 Å². The van der Waals surface area contributed by atoms with Gasteiger partial charge in [-0.2, -0.15) is 17.0 Å². The van der Waals surface area contributed by atoms with E-state index in [4.69, 9.17) is 4.74 Å². The molecule has 0 aliphatic carbocycles. The SMILES string of the molecule is CCN(CC)S(=O)(=O)N1CCOC(c2cc(C(=O)N(C)C)c3ccccc3n2)C1. The van der Waals surface area contributed by atoms with Gasteiger partial charge in [-0.15, -0.1) is 0 Å². The Morgan fingerprint density at radius 3 is 2.59 bits per heavy atom. The van der Waals surface area contributed by atoms with Crippen LogP contribution in [0.15, 0.2) is 30.3 Å². The van der Waals surface area contributed by atoms with E-state index in [9.17, 15) is 13.2 Å². The molecule has 2 aromatic rings.